The maximum absolute atomic E-state index is 12.7. The molecule has 0 unspecified atom stereocenters. The number of amides is 1. The van der Waals surface area contributed by atoms with Crippen molar-refractivity contribution in [3.05, 3.63) is 47.8 Å². The van der Waals surface area contributed by atoms with E-state index < -0.39 is 0 Å². The summed E-state index contributed by atoms with van der Waals surface area (Å²) in [6.07, 6.45) is 1.48. The number of carbonyl (C=O) groups excluding carboxylic acids is 2. The van der Waals surface area contributed by atoms with Crippen LogP contribution < -0.4 is 10.2 Å². The molecule has 1 aliphatic heterocycles. The third kappa shape index (κ3) is 4.56. The predicted molar refractivity (Wildman–Crippen MR) is 121 cm³/mol. The molecule has 9 nitrogen and oxygen atoms in total. The molecule has 0 bridgehead atoms. The molecule has 1 amide bonds. The van der Waals surface area contributed by atoms with Gasteiger partial charge in [-0.2, -0.15) is 4.52 Å². The SMILES string of the molecule is CCOC(=O)c1ccc(NC(=O)C2CCN(c3ccc4nnc(C(C)C)n4n3)CC2)cc1. The molecule has 168 valence electrons. The van der Waals surface area contributed by atoms with Gasteiger partial charge in [-0.1, -0.05) is 13.8 Å². The van der Waals surface area contributed by atoms with Gasteiger partial charge in [-0.25, -0.2) is 4.79 Å². The predicted octanol–water partition coefficient (Wildman–Crippen LogP) is 3.28. The van der Waals surface area contributed by atoms with Crippen molar-refractivity contribution in [2.45, 2.75) is 39.5 Å². The van der Waals surface area contributed by atoms with Crippen molar-refractivity contribution in [1.82, 2.24) is 19.8 Å². The molecule has 4 rings (SSSR count). The van der Waals surface area contributed by atoms with Crippen LogP contribution in [-0.2, 0) is 9.53 Å². The maximum Gasteiger partial charge on any atom is 0.338 e. The molecule has 0 atom stereocenters. The fourth-order valence-electron chi connectivity index (χ4n) is 3.84. The minimum Gasteiger partial charge on any atom is -0.462 e. The van der Waals surface area contributed by atoms with Crippen LogP contribution in [0.25, 0.3) is 5.65 Å². The summed E-state index contributed by atoms with van der Waals surface area (Å²) in [5.74, 6) is 1.50. The van der Waals surface area contributed by atoms with Crippen molar-refractivity contribution < 1.29 is 14.3 Å². The Balaban J connectivity index is 1.35. The van der Waals surface area contributed by atoms with E-state index in [0.717, 1.165) is 43.2 Å². The molecule has 1 aliphatic rings. The lowest BCUT2D eigenvalue weighted by Crippen LogP contribution is -2.38. The average Bonchev–Trinajstić information content (AvgIpc) is 3.23. The number of anilines is 2. The van der Waals surface area contributed by atoms with Crippen LogP contribution in [0.5, 0.6) is 0 Å². The van der Waals surface area contributed by atoms with Crippen molar-refractivity contribution in [2.75, 3.05) is 29.9 Å². The monoisotopic (exact) mass is 436 g/mol. The van der Waals surface area contributed by atoms with Crippen LogP contribution in [0.15, 0.2) is 36.4 Å². The molecule has 1 fully saturated rings. The Kier molecular flexibility index (Phi) is 6.34. The second kappa shape index (κ2) is 9.33. The summed E-state index contributed by atoms with van der Waals surface area (Å²) in [4.78, 5) is 26.7. The lowest BCUT2D eigenvalue weighted by molar-refractivity contribution is -0.120. The largest absolute Gasteiger partial charge is 0.462 e. The van der Waals surface area contributed by atoms with Crippen molar-refractivity contribution in [3.8, 4) is 0 Å². The Morgan fingerprint density at radius 3 is 2.47 bits per heavy atom. The van der Waals surface area contributed by atoms with Crippen LogP contribution in [0.3, 0.4) is 0 Å². The lowest BCUT2D eigenvalue weighted by atomic mass is 9.95. The van der Waals surface area contributed by atoms with Crippen LogP contribution in [-0.4, -0.2) is 51.4 Å². The Morgan fingerprint density at radius 1 is 1.09 bits per heavy atom. The smallest absolute Gasteiger partial charge is 0.338 e. The number of piperidine rings is 1. The Labute approximate surface area is 186 Å². The number of fused-ring (bicyclic) bond motifs is 1. The second-order valence-corrected chi connectivity index (χ2v) is 8.22. The highest BCUT2D eigenvalue weighted by Gasteiger charge is 2.26. The molecule has 3 aromatic rings. The number of ether oxygens (including phenoxy) is 1. The molecule has 2 aromatic heterocycles. The van der Waals surface area contributed by atoms with Gasteiger partial charge in [0.2, 0.25) is 5.91 Å². The van der Waals surface area contributed by atoms with Crippen molar-refractivity contribution in [2.24, 2.45) is 5.92 Å². The van der Waals surface area contributed by atoms with Gasteiger partial charge in [0.25, 0.3) is 0 Å². The molecule has 1 saturated heterocycles. The topological polar surface area (TPSA) is 102 Å². The van der Waals surface area contributed by atoms with Crippen LogP contribution >= 0.6 is 0 Å². The zero-order valence-corrected chi connectivity index (χ0v) is 18.6. The van der Waals surface area contributed by atoms with Crippen molar-refractivity contribution in [1.29, 1.82) is 0 Å². The summed E-state index contributed by atoms with van der Waals surface area (Å²) < 4.78 is 6.79. The van der Waals surface area contributed by atoms with Gasteiger partial charge >= 0.3 is 5.97 Å². The van der Waals surface area contributed by atoms with E-state index in [4.69, 9.17) is 9.84 Å². The number of nitrogens with zero attached hydrogens (tertiary/aromatic N) is 5. The number of hydrogen-bond acceptors (Lipinski definition) is 7. The first-order chi connectivity index (χ1) is 15.5. The number of rotatable bonds is 6. The third-order valence-electron chi connectivity index (χ3n) is 5.64. The first kappa shape index (κ1) is 21.7. The number of esters is 1. The Morgan fingerprint density at radius 2 is 1.81 bits per heavy atom. The highest BCUT2D eigenvalue weighted by Crippen LogP contribution is 2.24. The van der Waals surface area contributed by atoms with Crippen LogP contribution in [0, 0.1) is 5.92 Å². The van der Waals surface area contributed by atoms with Gasteiger partial charge < -0.3 is 15.0 Å². The van der Waals surface area contributed by atoms with Gasteiger partial charge in [0, 0.05) is 30.6 Å². The first-order valence-corrected chi connectivity index (χ1v) is 11.0. The molecule has 0 radical (unpaired) electrons. The highest BCUT2D eigenvalue weighted by molar-refractivity contribution is 5.94. The molecule has 0 spiro atoms. The molecule has 3 heterocycles. The normalized spacial score (nSPS) is 14.7. The Hall–Kier alpha value is -3.49. The Bertz CT molecular complexity index is 1100. The summed E-state index contributed by atoms with van der Waals surface area (Å²) >= 11 is 0. The molecular weight excluding hydrogens is 408 g/mol. The summed E-state index contributed by atoms with van der Waals surface area (Å²) in [5.41, 5.74) is 1.88. The van der Waals surface area contributed by atoms with Gasteiger partial charge in [0.15, 0.2) is 11.5 Å². The molecule has 32 heavy (non-hydrogen) atoms. The van der Waals surface area contributed by atoms with Gasteiger partial charge in [-0.15, -0.1) is 15.3 Å². The van der Waals surface area contributed by atoms with Crippen molar-refractivity contribution in [3.63, 3.8) is 0 Å². The molecule has 1 N–H and O–H groups in total. The van der Waals surface area contributed by atoms with E-state index >= 15 is 0 Å². The second-order valence-electron chi connectivity index (χ2n) is 8.22. The summed E-state index contributed by atoms with van der Waals surface area (Å²) in [6, 6.07) is 10.7. The molecule has 0 aliphatic carbocycles. The molecular formula is C23H28N6O3. The number of carbonyl (C=O) groups is 2. The zero-order valence-electron chi connectivity index (χ0n) is 18.6. The van der Waals surface area contributed by atoms with Crippen LogP contribution in [0.2, 0.25) is 0 Å². The van der Waals surface area contributed by atoms with E-state index in [2.05, 4.69) is 34.3 Å². The van der Waals surface area contributed by atoms with Gasteiger partial charge in [-0.05, 0) is 56.2 Å². The van der Waals surface area contributed by atoms with E-state index in [1.165, 1.54) is 0 Å². The van der Waals surface area contributed by atoms with Crippen molar-refractivity contribution >= 4 is 29.0 Å². The molecule has 1 aromatic carbocycles. The average molecular weight is 437 g/mol. The molecule has 0 saturated carbocycles. The van der Waals surface area contributed by atoms with E-state index in [9.17, 15) is 9.59 Å². The number of nitrogens with one attached hydrogen (secondary N) is 1. The van der Waals surface area contributed by atoms with Gasteiger partial charge in [0.1, 0.15) is 5.82 Å². The zero-order chi connectivity index (χ0) is 22.7. The van der Waals surface area contributed by atoms with E-state index in [-0.39, 0.29) is 23.7 Å². The van der Waals surface area contributed by atoms with Gasteiger partial charge in [-0.3, -0.25) is 4.79 Å². The third-order valence-corrected chi connectivity index (χ3v) is 5.64. The fourth-order valence-corrected chi connectivity index (χ4v) is 3.84. The number of benzene rings is 1. The minimum atomic E-state index is -0.364. The number of hydrogen-bond donors (Lipinski definition) is 1. The standard InChI is InChI=1S/C23H28N6O3/c1-4-32-23(31)17-5-7-18(8-6-17)24-22(30)16-11-13-28(14-12-16)20-10-9-19-25-26-21(15(2)3)29(19)27-20/h5-10,15-16H,4,11-14H2,1-3H3,(H,24,30). The van der Waals surface area contributed by atoms with E-state index in [0.29, 0.717) is 17.9 Å². The first-order valence-electron chi connectivity index (χ1n) is 11.0. The minimum absolute atomic E-state index is 0.00199. The highest BCUT2D eigenvalue weighted by atomic mass is 16.5. The summed E-state index contributed by atoms with van der Waals surface area (Å²) in [7, 11) is 0. The lowest BCUT2D eigenvalue weighted by Gasteiger charge is -2.32. The van der Waals surface area contributed by atoms with Crippen LogP contribution in [0.1, 0.15) is 55.7 Å². The van der Waals surface area contributed by atoms with Gasteiger partial charge in [0.05, 0.1) is 12.2 Å². The fraction of sp³-hybridized carbons (Fsp3) is 0.435. The summed E-state index contributed by atoms with van der Waals surface area (Å²) in [6.45, 7) is 7.73. The maximum atomic E-state index is 12.7. The van der Waals surface area contributed by atoms with E-state index in [1.54, 1.807) is 35.7 Å². The summed E-state index contributed by atoms with van der Waals surface area (Å²) in [5, 5.41) is 16.1. The number of aromatic nitrogens is 4. The van der Waals surface area contributed by atoms with E-state index in [1.807, 2.05) is 12.1 Å². The molecule has 9 heteroatoms. The quantitative estimate of drug-likeness (QED) is 0.592. The van der Waals surface area contributed by atoms with Crippen LogP contribution in [0.4, 0.5) is 11.5 Å².